The summed E-state index contributed by atoms with van der Waals surface area (Å²) in [6.07, 6.45) is 0. The fourth-order valence-corrected chi connectivity index (χ4v) is 3.96. The quantitative estimate of drug-likeness (QED) is 0.242. The van der Waals surface area contributed by atoms with Crippen LogP contribution in [0, 0.1) is 3.57 Å². The lowest BCUT2D eigenvalue weighted by molar-refractivity contribution is -0.113. The molecule has 0 atom stereocenters. The summed E-state index contributed by atoms with van der Waals surface area (Å²) in [6, 6.07) is 27.5. The number of benzene rings is 3. The molecule has 1 heterocycles. The highest BCUT2D eigenvalue weighted by molar-refractivity contribution is 14.1. The number of carbonyl (C=O) groups is 1. The molecule has 1 amide bonds. The van der Waals surface area contributed by atoms with Gasteiger partial charge in [0.2, 0.25) is 5.91 Å². The first-order valence-corrected chi connectivity index (χ1v) is 11.1. The highest BCUT2D eigenvalue weighted by Crippen LogP contribution is 2.35. The predicted molar refractivity (Wildman–Crippen MR) is 126 cm³/mol. The van der Waals surface area contributed by atoms with Crippen molar-refractivity contribution in [2.75, 3.05) is 11.1 Å². The second-order valence-corrected chi connectivity index (χ2v) is 8.30. The zero-order chi connectivity index (χ0) is 20.1. The molecule has 6 heteroatoms. The van der Waals surface area contributed by atoms with Gasteiger partial charge in [-0.2, -0.15) is 0 Å². The maximum atomic E-state index is 12.4. The van der Waals surface area contributed by atoms with E-state index in [1.165, 1.54) is 11.8 Å². The van der Waals surface area contributed by atoms with Gasteiger partial charge in [0.25, 0.3) is 5.22 Å². The Morgan fingerprint density at radius 3 is 2.21 bits per heavy atom. The van der Waals surface area contributed by atoms with Crippen LogP contribution in [0.3, 0.4) is 0 Å². The molecule has 0 saturated carbocycles. The standard InChI is InChI=1S/C23H17IN2O2S/c24-18-13-7-8-14-19(18)25-20(27)15-29-23-26-21(16-9-3-1-4-10-16)22(28-23)17-11-5-2-6-12-17/h1-14H,15H2,(H,25,27). The van der Waals surface area contributed by atoms with Crippen molar-refractivity contribution in [1.82, 2.24) is 4.98 Å². The fraction of sp³-hybridized carbons (Fsp3) is 0.0435. The smallest absolute Gasteiger partial charge is 0.257 e. The van der Waals surface area contributed by atoms with E-state index < -0.39 is 0 Å². The van der Waals surface area contributed by atoms with Crippen molar-refractivity contribution in [3.8, 4) is 22.6 Å². The Bertz CT molecular complexity index is 1060. The van der Waals surface area contributed by atoms with Gasteiger partial charge in [-0.3, -0.25) is 4.79 Å². The Balaban J connectivity index is 1.54. The Morgan fingerprint density at radius 2 is 1.52 bits per heavy atom. The van der Waals surface area contributed by atoms with Crippen molar-refractivity contribution in [2.24, 2.45) is 0 Å². The van der Waals surface area contributed by atoms with E-state index >= 15 is 0 Å². The maximum Gasteiger partial charge on any atom is 0.257 e. The van der Waals surface area contributed by atoms with Gasteiger partial charge in [-0.05, 0) is 34.7 Å². The number of para-hydroxylation sites is 1. The summed E-state index contributed by atoms with van der Waals surface area (Å²) >= 11 is 3.49. The van der Waals surface area contributed by atoms with Crippen molar-refractivity contribution >= 4 is 45.9 Å². The fourth-order valence-electron chi connectivity index (χ4n) is 2.82. The van der Waals surface area contributed by atoms with E-state index in [1.807, 2.05) is 84.9 Å². The Labute approximate surface area is 186 Å². The summed E-state index contributed by atoms with van der Waals surface area (Å²) in [6.45, 7) is 0. The minimum absolute atomic E-state index is 0.0974. The van der Waals surface area contributed by atoms with Crippen LogP contribution in [0.4, 0.5) is 5.69 Å². The average Bonchev–Trinajstić information content (AvgIpc) is 3.20. The van der Waals surface area contributed by atoms with E-state index in [1.54, 1.807) is 0 Å². The normalized spacial score (nSPS) is 10.7. The molecule has 0 fully saturated rings. The molecule has 0 bridgehead atoms. The second-order valence-electron chi connectivity index (χ2n) is 6.21. The molecular formula is C23H17IN2O2S. The first-order valence-electron chi connectivity index (χ1n) is 8.99. The minimum Gasteiger partial charge on any atom is -0.431 e. The number of anilines is 1. The molecule has 0 spiro atoms. The lowest BCUT2D eigenvalue weighted by Gasteiger charge is -2.05. The largest absolute Gasteiger partial charge is 0.431 e. The molecule has 0 radical (unpaired) electrons. The Hall–Kier alpha value is -2.58. The number of thioether (sulfide) groups is 1. The van der Waals surface area contributed by atoms with Gasteiger partial charge in [-0.15, -0.1) is 0 Å². The Kier molecular flexibility index (Phi) is 6.31. The van der Waals surface area contributed by atoms with Crippen LogP contribution in [0.25, 0.3) is 22.6 Å². The van der Waals surface area contributed by atoms with Crippen LogP contribution in [0.1, 0.15) is 0 Å². The highest BCUT2D eigenvalue weighted by Gasteiger charge is 2.18. The first-order chi connectivity index (χ1) is 14.2. The van der Waals surface area contributed by atoms with E-state index in [0.29, 0.717) is 11.0 Å². The van der Waals surface area contributed by atoms with Gasteiger partial charge in [0.1, 0.15) is 5.69 Å². The summed E-state index contributed by atoms with van der Waals surface area (Å²) in [4.78, 5) is 17.0. The van der Waals surface area contributed by atoms with Crippen LogP contribution in [0.5, 0.6) is 0 Å². The molecule has 4 aromatic rings. The third kappa shape index (κ3) is 4.89. The maximum absolute atomic E-state index is 12.4. The van der Waals surface area contributed by atoms with Gasteiger partial charge >= 0.3 is 0 Å². The number of rotatable bonds is 6. The van der Waals surface area contributed by atoms with Crippen LogP contribution in [0.2, 0.25) is 0 Å². The second kappa shape index (κ2) is 9.28. The topological polar surface area (TPSA) is 55.1 Å². The Morgan fingerprint density at radius 1 is 0.897 bits per heavy atom. The van der Waals surface area contributed by atoms with E-state index in [0.717, 1.165) is 26.1 Å². The number of amides is 1. The van der Waals surface area contributed by atoms with Crippen LogP contribution in [0.15, 0.2) is 94.6 Å². The van der Waals surface area contributed by atoms with Crippen LogP contribution >= 0.6 is 34.4 Å². The number of hydrogen-bond acceptors (Lipinski definition) is 4. The molecule has 0 aliphatic heterocycles. The average molecular weight is 512 g/mol. The molecule has 0 unspecified atom stereocenters. The van der Waals surface area contributed by atoms with E-state index in [9.17, 15) is 4.79 Å². The first kappa shape index (κ1) is 19.7. The molecular weight excluding hydrogens is 495 g/mol. The van der Waals surface area contributed by atoms with Crippen LogP contribution in [-0.4, -0.2) is 16.6 Å². The van der Waals surface area contributed by atoms with Gasteiger partial charge in [-0.25, -0.2) is 4.98 Å². The van der Waals surface area contributed by atoms with Gasteiger partial charge in [0.05, 0.1) is 11.4 Å². The summed E-state index contributed by atoms with van der Waals surface area (Å²) in [5.41, 5.74) is 3.51. The number of hydrogen-bond donors (Lipinski definition) is 1. The lowest BCUT2D eigenvalue weighted by atomic mass is 10.1. The van der Waals surface area contributed by atoms with Crippen molar-refractivity contribution in [1.29, 1.82) is 0 Å². The molecule has 1 aromatic heterocycles. The lowest BCUT2D eigenvalue weighted by Crippen LogP contribution is -2.14. The number of carbonyl (C=O) groups excluding carboxylic acids is 1. The summed E-state index contributed by atoms with van der Waals surface area (Å²) in [5, 5.41) is 3.40. The molecule has 4 nitrogen and oxygen atoms in total. The molecule has 144 valence electrons. The molecule has 29 heavy (non-hydrogen) atoms. The summed E-state index contributed by atoms with van der Waals surface area (Å²) in [7, 11) is 0. The zero-order valence-electron chi connectivity index (χ0n) is 15.3. The molecule has 0 aliphatic rings. The van der Waals surface area contributed by atoms with E-state index in [2.05, 4.69) is 32.9 Å². The van der Waals surface area contributed by atoms with Crippen molar-refractivity contribution in [2.45, 2.75) is 5.22 Å². The molecule has 3 aromatic carbocycles. The number of nitrogens with one attached hydrogen (secondary N) is 1. The molecule has 1 N–H and O–H groups in total. The molecule has 0 aliphatic carbocycles. The summed E-state index contributed by atoms with van der Waals surface area (Å²) in [5.74, 6) is 0.825. The summed E-state index contributed by atoms with van der Waals surface area (Å²) < 4.78 is 7.05. The van der Waals surface area contributed by atoms with Gasteiger partial charge in [0.15, 0.2) is 5.76 Å². The third-order valence-electron chi connectivity index (χ3n) is 4.17. The van der Waals surface area contributed by atoms with E-state index in [-0.39, 0.29) is 11.7 Å². The SMILES string of the molecule is O=C(CSc1nc(-c2ccccc2)c(-c2ccccc2)o1)Nc1ccccc1I. The number of aromatic nitrogens is 1. The predicted octanol–water partition coefficient (Wildman–Crippen LogP) is 6.34. The highest BCUT2D eigenvalue weighted by atomic mass is 127. The van der Waals surface area contributed by atoms with Gasteiger partial charge in [0, 0.05) is 14.7 Å². The molecule has 0 saturated heterocycles. The van der Waals surface area contributed by atoms with Gasteiger partial charge < -0.3 is 9.73 Å². The van der Waals surface area contributed by atoms with Crippen molar-refractivity contribution in [3.05, 3.63) is 88.5 Å². The zero-order valence-corrected chi connectivity index (χ0v) is 18.3. The minimum atomic E-state index is -0.0974. The number of nitrogens with zero attached hydrogens (tertiary/aromatic N) is 1. The van der Waals surface area contributed by atoms with Crippen LogP contribution < -0.4 is 5.32 Å². The van der Waals surface area contributed by atoms with Crippen molar-refractivity contribution in [3.63, 3.8) is 0 Å². The number of oxazole rings is 1. The monoisotopic (exact) mass is 512 g/mol. The van der Waals surface area contributed by atoms with Crippen LogP contribution in [-0.2, 0) is 4.79 Å². The number of halogens is 1. The van der Waals surface area contributed by atoms with Gasteiger partial charge in [-0.1, -0.05) is 84.6 Å². The third-order valence-corrected chi connectivity index (χ3v) is 5.93. The van der Waals surface area contributed by atoms with Crippen molar-refractivity contribution < 1.29 is 9.21 Å². The molecule has 4 rings (SSSR count). The van der Waals surface area contributed by atoms with E-state index in [4.69, 9.17) is 4.42 Å².